The van der Waals surface area contributed by atoms with Gasteiger partial charge in [-0.3, -0.25) is 9.59 Å². The lowest BCUT2D eigenvalue weighted by atomic mass is 10.1. The lowest BCUT2D eigenvalue weighted by Crippen LogP contribution is -2.50. The lowest BCUT2D eigenvalue weighted by molar-refractivity contribution is -0.236. The third-order valence-electron chi connectivity index (χ3n) is 2.16. The highest BCUT2D eigenvalue weighted by Gasteiger charge is 2.38. The van der Waals surface area contributed by atoms with Crippen LogP contribution in [0.1, 0.15) is 19.3 Å². The normalized spacial score (nSPS) is 11.4. The van der Waals surface area contributed by atoms with E-state index in [2.05, 4.69) is 0 Å². The number of carbonyl (C=O) groups excluding carboxylic acids is 2. The van der Waals surface area contributed by atoms with Gasteiger partial charge in [-0.05, 0) is 6.42 Å². The smallest absolute Gasteiger partial charge is 0.277 e. The molecule has 0 aliphatic heterocycles. The first-order valence-corrected chi connectivity index (χ1v) is 5.56. The molecule has 8 heteroatoms. The SMILES string of the molecule is NC(=O)CCCC(OCCO)(OCCO)C(N)=O. The van der Waals surface area contributed by atoms with E-state index in [4.69, 9.17) is 31.2 Å². The highest BCUT2D eigenvalue weighted by molar-refractivity contribution is 5.82. The van der Waals surface area contributed by atoms with Crippen molar-refractivity contribution in [2.45, 2.75) is 25.0 Å². The van der Waals surface area contributed by atoms with Crippen LogP contribution in [0.25, 0.3) is 0 Å². The van der Waals surface area contributed by atoms with E-state index in [0.29, 0.717) is 0 Å². The van der Waals surface area contributed by atoms with E-state index in [-0.39, 0.29) is 45.7 Å². The number of primary amides is 2. The molecular weight excluding hydrogens is 244 g/mol. The van der Waals surface area contributed by atoms with Gasteiger partial charge >= 0.3 is 0 Å². The molecule has 0 unspecified atom stereocenters. The molecule has 0 aromatic rings. The van der Waals surface area contributed by atoms with Gasteiger partial charge < -0.3 is 31.2 Å². The molecule has 0 aliphatic rings. The van der Waals surface area contributed by atoms with Gasteiger partial charge in [0.15, 0.2) is 0 Å². The molecule has 0 spiro atoms. The second kappa shape index (κ2) is 8.81. The Hall–Kier alpha value is -1.22. The molecule has 0 rings (SSSR count). The maximum atomic E-state index is 11.4. The third-order valence-corrected chi connectivity index (χ3v) is 2.16. The van der Waals surface area contributed by atoms with E-state index < -0.39 is 17.6 Å². The van der Waals surface area contributed by atoms with Gasteiger partial charge in [-0.25, -0.2) is 0 Å². The summed E-state index contributed by atoms with van der Waals surface area (Å²) in [5.41, 5.74) is 10.2. The number of hydrogen-bond acceptors (Lipinski definition) is 6. The molecule has 0 atom stereocenters. The molecule has 0 fully saturated rings. The summed E-state index contributed by atoms with van der Waals surface area (Å²) >= 11 is 0. The molecule has 0 saturated carbocycles. The molecule has 6 N–H and O–H groups in total. The van der Waals surface area contributed by atoms with Crippen LogP contribution in [0, 0.1) is 0 Å². The number of rotatable bonds is 11. The Balaban J connectivity index is 4.59. The Morgan fingerprint density at radius 1 is 1.06 bits per heavy atom. The van der Waals surface area contributed by atoms with Crippen LogP contribution in [-0.4, -0.2) is 54.2 Å². The van der Waals surface area contributed by atoms with Crippen LogP contribution in [0.5, 0.6) is 0 Å². The maximum absolute atomic E-state index is 11.4. The van der Waals surface area contributed by atoms with Gasteiger partial charge in [0, 0.05) is 12.8 Å². The average molecular weight is 264 g/mol. The van der Waals surface area contributed by atoms with Crippen LogP contribution in [0.4, 0.5) is 0 Å². The molecular formula is C10H20N2O6. The Kier molecular flexibility index (Phi) is 8.21. The van der Waals surface area contributed by atoms with E-state index >= 15 is 0 Å². The predicted molar refractivity (Wildman–Crippen MR) is 61.0 cm³/mol. The summed E-state index contributed by atoms with van der Waals surface area (Å²) in [6.07, 6.45) is 0.320. The largest absolute Gasteiger partial charge is 0.394 e. The van der Waals surface area contributed by atoms with Crippen LogP contribution in [0.2, 0.25) is 0 Å². The summed E-state index contributed by atoms with van der Waals surface area (Å²) in [7, 11) is 0. The van der Waals surface area contributed by atoms with Crippen molar-refractivity contribution in [1.82, 2.24) is 0 Å². The van der Waals surface area contributed by atoms with E-state index in [0.717, 1.165) is 0 Å². The van der Waals surface area contributed by atoms with Crippen LogP contribution < -0.4 is 11.5 Å². The zero-order valence-electron chi connectivity index (χ0n) is 10.1. The van der Waals surface area contributed by atoms with Gasteiger partial charge in [-0.1, -0.05) is 0 Å². The zero-order valence-corrected chi connectivity index (χ0v) is 10.1. The molecule has 2 amide bonds. The van der Waals surface area contributed by atoms with Crippen molar-refractivity contribution >= 4 is 11.8 Å². The highest BCUT2D eigenvalue weighted by Crippen LogP contribution is 2.21. The first kappa shape index (κ1) is 16.8. The number of aliphatic hydroxyl groups excluding tert-OH is 2. The minimum atomic E-state index is -1.75. The number of aliphatic hydroxyl groups is 2. The number of carbonyl (C=O) groups is 2. The van der Waals surface area contributed by atoms with Crippen LogP contribution in [0.3, 0.4) is 0 Å². The standard InChI is InChI=1S/C10H20N2O6/c11-8(15)2-1-3-10(9(12)16,17-6-4-13)18-7-5-14/h13-14H,1-7H2,(H2,11,15)(H2,12,16). The fraction of sp³-hybridized carbons (Fsp3) is 0.800. The van der Waals surface area contributed by atoms with E-state index in [1.54, 1.807) is 0 Å². The molecule has 0 aromatic heterocycles. The molecule has 18 heavy (non-hydrogen) atoms. The average Bonchev–Trinajstić information content (AvgIpc) is 2.31. The topological polar surface area (TPSA) is 145 Å². The van der Waals surface area contributed by atoms with Crippen molar-refractivity contribution in [3.05, 3.63) is 0 Å². The Bertz CT molecular complexity index is 263. The molecule has 0 aromatic carbocycles. The molecule has 0 aliphatic carbocycles. The minimum absolute atomic E-state index is 0.0191. The summed E-state index contributed by atoms with van der Waals surface area (Å²) in [6, 6.07) is 0. The zero-order chi connectivity index (χ0) is 14.0. The van der Waals surface area contributed by atoms with Crippen LogP contribution in [0.15, 0.2) is 0 Å². The summed E-state index contributed by atoms with van der Waals surface area (Å²) in [5, 5.41) is 17.4. The molecule has 0 heterocycles. The van der Waals surface area contributed by atoms with Gasteiger partial charge in [-0.2, -0.15) is 0 Å². The van der Waals surface area contributed by atoms with Gasteiger partial charge in [0.2, 0.25) is 11.7 Å². The van der Waals surface area contributed by atoms with E-state index in [1.807, 2.05) is 0 Å². The monoisotopic (exact) mass is 264 g/mol. The number of amides is 2. The highest BCUT2D eigenvalue weighted by atomic mass is 16.7. The second-order valence-corrected chi connectivity index (χ2v) is 3.58. The minimum Gasteiger partial charge on any atom is -0.394 e. The van der Waals surface area contributed by atoms with Gasteiger partial charge in [0.25, 0.3) is 5.91 Å². The van der Waals surface area contributed by atoms with Crippen molar-refractivity contribution in [3.8, 4) is 0 Å². The lowest BCUT2D eigenvalue weighted by Gasteiger charge is -2.30. The van der Waals surface area contributed by atoms with Crippen LogP contribution >= 0.6 is 0 Å². The van der Waals surface area contributed by atoms with E-state index in [9.17, 15) is 9.59 Å². The molecule has 106 valence electrons. The summed E-state index contributed by atoms with van der Waals surface area (Å²) in [4.78, 5) is 22.0. The van der Waals surface area contributed by atoms with Crippen LogP contribution in [-0.2, 0) is 19.1 Å². The maximum Gasteiger partial charge on any atom is 0.277 e. The first-order chi connectivity index (χ1) is 8.48. The van der Waals surface area contributed by atoms with Crippen molar-refractivity contribution < 1.29 is 29.3 Å². The fourth-order valence-corrected chi connectivity index (χ4v) is 1.37. The predicted octanol–water partition coefficient (Wildman–Crippen LogP) is -2.16. The number of ether oxygens (including phenoxy) is 2. The summed E-state index contributed by atoms with van der Waals surface area (Å²) in [6.45, 7) is -0.920. The summed E-state index contributed by atoms with van der Waals surface area (Å²) < 4.78 is 10.2. The number of hydrogen-bond donors (Lipinski definition) is 4. The number of nitrogens with two attached hydrogens (primary N) is 2. The molecule has 0 saturated heterocycles. The Labute approximate surface area is 105 Å². The van der Waals surface area contributed by atoms with E-state index in [1.165, 1.54) is 0 Å². The summed E-state index contributed by atoms with van der Waals surface area (Å²) in [5.74, 6) is -3.15. The Morgan fingerprint density at radius 3 is 1.89 bits per heavy atom. The molecule has 0 bridgehead atoms. The van der Waals surface area contributed by atoms with Crippen molar-refractivity contribution in [2.75, 3.05) is 26.4 Å². The van der Waals surface area contributed by atoms with Gasteiger partial charge in [0.05, 0.1) is 26.4 Å². The van der Waals surface area contributed by atoms with Crippen molar-refractivity contribution in [1.29, 1.82) is 0 Å². The first-order valence-electron chi connectivity index (χ1n) is 5.56. The Morgan fingerprint density at radius 2 is 1.56 bits per heavy atom. The van der Waals surface area contributed by atoms with Crippen molar-refractivity contribution in [2.24, 2.45) is 11.5 Å². The molecule has 0 radical (unpaired) electrons. The van der Waals surface area contributed by atoms with Gasteiger partial charge in [0.1, 0.15) is 0 Å². The molecule has 8 nitrogen and oxygen atoms in total. The second-order valence-electron chi connectivity index (χ2n) is 3.58. The fourth-order valence-electron chi connectivity index (χ4n) is 1.37. The van der Waals surface area contributed by atoms with Gasteiger partial charge in [-0.15, -0.1) is 0 Å². The quantitative estimate of drug-likeness (QED) is 0.313. The third kappa shape index (κ3) is 5.92. The van der Waals surface area contributed by atoms with Crippen molar-refractivity contribution in [3.63, 3.8) is 0 Å².